The number of hydrogen-bond acceptors (Lipinski definition) is 2. The van der Waals surface area contributed by atoms with Gasteiger partial charge in [-0.25, -0.2) is 0 Å². The van der Waals surface area contributed by atoms with Crippen molar-refractivity contribution in [1.82, 2.24) is 0 Å². The first-order valence-electron chi connectivity index (χ1n) is 17.9. The van der Waals surface area contributed by atoms with Crippen molar-refractivity contribution >= 4 is 51.9 Å². The highest BCUT2D eigenvalue weighted by atomic mass is 28.3. The lowest BCUT2D eigenvalue weighted by Gasteiger charge is -2.34. The Morgan fingerprint density at radius 1 is 0.346 bits per heavy atom. The number of benzene rings is 8. The Hall–Kier alpha value is -6.36. The van der Waals surface area contributed by atoms with Gasteiger partial charge in [0, 0.05) is 11.0 Å². The molecule has 0 amide bonds. The minimum atomic E-state index is -2.67. The molecule has 4 heteroatoms. The summed E-state index contributed by atoms with van der Waals surface area (Å²) >= 11 is 0. The molecule has 2 heterocycles. The standard InChI is InChI=1S/C48H33BO2Si/c1-4-19-37(20-5-1)52(38-21-6-2-7-22-38,39-23-8-3-9-24-39)40-25-15-17-35(33-40)34-16-14-18-36(32-34)41-30-31-46-47-48(41)51-45-29-13-11-27-43(45)49(47)42-26-10-12-28-44(42)50-46/h1-33H. The Kier molecular flexibility index (Phi) is 7.29. The first-order valence-corrected chi connectivity index (χ1v) is 19.9. The van der Waals surface area contributed by atoms with E-state index < -0.39 is 8.07 Å². The number of hydrogen-bond donors (Lipinski definition) is 0. The van der Waals surface area contributed by atoms with Crippen molar-refractivity contribution in [2.24, 2.45) is 0 Å². The summed E-state index contributed by atoms with van der Waals surface area (Å²) in [7, 11) is -2.67. The van der Waals surface area contributed by atoms with Gasteiger partial charge in [-0.1, -0.05) is 170 Å². The predicted octanol–water partition coefficient (Wildman–Crippen LogP) is 7.13. The molecule has 0 fully saturated rings. The molecule has 0 saturated carbocycles. The van der Waals surface area contributed by atoms with E-state index in [1.807, 2.05) is 6.07 Å². The number of rotatable bonds is 6. The molecule has 2 aliphatic heterocycles. The summed E-state index contributed by atoms with van der Waals surface area (Å²) < 4.78 is 13.3. The third-order valence-corrected chi connectivity index (χ3v) is 15.5. The summed E-state index contributed by atoms with van der Waals surface area (Å²) in [6.07, 6.45) is 0. The number of para-hydroxylation sites is 2. The summed E-state index contributed by atoms with van der Waals surface area (Å²) in [5, 5.41) is 5.44. The van der Waals surface area contributed by atoms with Crippen molar-refractivity contribution in [2.75, 3.05) is 0 Å². The Morgan fingerprint density at radius 3 is 1.44 bits per heavy atom. The van der Waals surface area contributed by atoms with Crippen LogP contribution in [0.1, 0.15) is 0 Å². The van der Waals surface area contributed by atoms with Crippen LogP contribution in [-0.4, -0.2) is 14.8 Å². The van der Waals surface area contributed by atoms with Gasteiger partial charge in [0.1, 0.15) is 23.0 Å². The highest BCUT2D eigenvalue weighted by molar-refractivity contribution is 7.19. The van der Waals surface area contributed by atoms with E-state index in [2.05, 4.69) is 194 Å². The molecular weight excluding hydrogens is 647 g/mol. The largest absolute Gasteiger partial charge is 0.458 e. The van der Waals surface area contributed by atoms with Crippen molar-refractivity contribution in [3.8, 4) is 45.3 Å². The fraction of sp³-hybridized carbons (Fsp3) is 0. The van der Waals surface area contributed by atoms with Gasteiger partial charge in [0.2, 0.25) is 0 Å². The van der Waals surface area contributed by atoms with Crippen molar-refractivity contribution < 1.29 is 9.47 Å². The van der Waals surface area contributed by atoms with E-state index in [1.165, 1.54) is 26.3 Å². The first kappa shape index (κ1) is 30.5. The molecule has 8 aromatic carbocycles. The zero-order valence-electron chi connectivity index (χ0n) is 28.4. The number of fused-ring (bicyclic) bond motifs is 4. The monoisotopic (exact) mass is 680 g/mol. The second-order valence-electron chi connectivity index (χ2n) is 13.6. The minimum Gasteiger partial charge on any atom is -0.458 e. The van der Waals surface area contributed by atoms with Gasteiger partial charge < -0.3 is 9.47 Å². The van der Waals surface area contributed by atoms with E-state index in [9.17, 15) is 0 Å². The van der Waals surface area contributed by atoms with Crippen LogP contribution in [0.15, 0.2) is 200 Å². The second-order valence-corrected chi connectivity index (χ2v) is 17.4. The highest BCUT2D eigenvalue weighted by Crippen LogP contribution is 2.41. The van der Waals surface area contributed by atoms with Crippen LogP contribution in [0.4, 0.5) is 0 Å². The quantitative estimate of drug-likeness (QED) is 0.138. The molecule has 0 spiro atoms. The summed E-state index contributed by atoms with van der Waals surface area (Å²) in [6, 6.07) is 72.5. The Labute approximate surface area is 305 Å². The van der Waals surface area contributed by atoms with Gasteiger partial charge in [0.05, 0.1) is 0 Å². The summed E-state index contributed by atoms with van der Waals surface area (Å²) in [5.74, 6) is 3.51. The topological polar surface area (TPSA) is 18.5 Å². The molecule has 0 radical (unpaired) electrons. The number of ether oxygens (including phenoxy) is 2. The maximum Gasteiger partial charge on any atom is 0.260 e. The second kappa shape index (κ2) is 12.4. The van der Waals surface area contributed by atoms with E-state index in [4.69, 9.17) is 9.47 Å². The van der Waals surface area contributed by atoms with Crippen LogP contribution in [0.5, 0.6) is 23.0 Å². The van der Waals surface area contributed by atoms with Crippen LogP contribution >= 0.6 is 0 Å². The van der Waals surface area contributed by atoms with Gasteiger partial charge in [0.25, 0.3) is 6.71 Å². The first-order chi connectivity index (χ1) is 25.8. The molecule has 0 atom stereocenters. The van der Waals surface area contributed by atoms with Crippen LogP contribution in [0.2, 0.25) is 0 Å². The SMILES string of the molecule is c1ccc([Si](c2ccccc2)(c2ccccc2)c2cccc(-c3cccc(-c4ccc5c6c4Oc4ccccc4B6c4ccccc4O5)c3)c2)cc1. The van der Waals surface area contributed by atoms with Gasteiger partial charge in [-0.2, -0.15) is 0 Å². The third-order valence-electron chi connectivity index (χ3n) is 10.8. The minimum absolute atomic E-state index is 0.0340. The lowest BCUT2D eigenvalue weighted by atomic mass is 9.34. The predicted molar refractivity (Wildman–Crippen MR) is 219 cm³/mol. The molecule has 10 rings (SSSR count). The van der Waals surface area contributed by atoms with E-state index in [0.717, 1.165) is 56.1 Å². The van der Waals surface area contributed by atoms with Crippen LogP contribution in [0.3, 0.4) is 0 Å². The van der Waals surface area contributed by atoms with Crippen molar-refractivity contribution in [2.45, 2.75) is 0 Å². The van der Waals surface area contributed by atoms with Crippen LogP contribution in [0, 0.1) is 0 Å². The molecule has 244 valence electrons. The van der Waals surface area contributed by atoms with Crippen LogP contribution in [0.25, 0.3) is 22.3 Å². The lowest BCUT2D eigenvalue weighted by Crippen LogP contribution is -2.74. The Morgan fingerprint density at radius 2 is 0.827 bits per heavy atom. The molecule has 8 aromatic rings. The fourth-order valence-corrected chi connectivity index (χ4v) is 13.3. The zero-order valence-corrected chi connectivity index (χ0v) is 29.4. The third kappa shape index (κ3) is 4.80. The molecular formula is C48H33BO2Si. The molecule has 0 aromatic heterocycles. The summed E-state index contributed by atoms with van der Waals surface area (Å²) in [5.41, 5.74) is 7.93. The van der Waals surface area contributed by atoms with E-state index in [-0.39, 0.29) is 6.71 Å². The lowest BCUT2D eigenvalue weighted by molar-refractivity contribution is 0.465. The van der Waals surface area contributed by atoms with E-state index in [1.54, 1.807) is 0 Å². The van der Waals surface area contributed by atoms with Gasteiger partial charge >= 0.3 is 0 Å². The molecule has 0 unspecified atom stereocenters. The summed E-state index contributed by atoms with van der Waals surface area (Å²) in [4.78, 5) is 0. The highest BCUT2D eigenvalue weighted by Gasteiger charge is 2.42. The van der Waals surface area contributed by atoms with E-state index >= 15 is 0 Å². The Bertz CT molecular complexity index is 2480. The molecule has 0 aliphatic carbocycles. The van der Waals surface area contributed by atoms with Crippen LogP contribution in [-0.2, 0) is 0 Å². The smallest absolute Gasteiger partial charge is 0.260 e. The van der Waals surface area contributed by atoms with Crippen LogP contribution < -0.4 is 46.6 Å². The maximum atomic E-state index is 6.81. The van der Waals surface area contributed by atoms with Crippen molar-refractivity contribution in [1.29, 1.82) is 0 Å². The van der Waals surface area contributed by atoms with Crippen molar-refractivity contribution in [3.05, 3.63) is 200 Å². The fourth-order valence-electron chi connectivity index (χ4n) is 8.47. The van der Waals surface area contributed by atoms with Gasteiger partial charge in [-0.3, -0.25) is 0 Å². The Balaban J connectivity index is 1.13. The van der Waals surface area contributed by atoms with Gasteiger partial charge in [-0.05, 0) is 78.7 Å². The maximum absolute atomic E-state index is 6.81. The average Bonchev–Trinajstić information content (AvgIpc) is 3.22. The van der Waals surface area contributed by atoms with Crippen molar-refractivity contribution in [3.63, 3.8) is 0 Å². The van der Waals surface area contributed by atoms with Gasteiger partial charge in [-0.15, -0.1) is 0 Å². The molecule has 2 aliphatic rings. The summed E-state index contributed by atoms with van der Waals surface area (Å²) in [6.45, 7) is 0.0340. The normalized spacial score (nSPS) is 12.5. The molecule has 0 saturated heterocycles. The average molecular weight is 681 g/mol. The van der Waals surface area contributed by atoms with Gasteiger partial charge in [0.15, 0.2) is 8.07 Å². The molecule has 52 heavy (non-hydrogen) atoms. The molecule has 0 bridgehead atoms. The molecule has 2 nitrogen and oxygen atoms in total. The van der Waals surface area contributed by atoms with E-state index in [0.29, 0.717) is 0 Å². The zero-order chi connectivity index (χ0) is 34.5. The molecule has 0 N–H and O–H groups in total.